The number of amides is 1. The third-order valence-corrected chi connectivity index (χ3v) is 2.60. The van der Waals surface area contributed by atoms with Crippen molar-refractivity contribution in [2.45, 2.75) is 19.9 Å². The topological polar surface area (TPSA) is 59.1 Å². The average Bonchev–Trinajstić information content (AvgIpc) is 2.35. The summed E-state index contributed by atoms with van der Waals surface area (Å²) in [4.78, 5) is 26.5. The summed E-state index contributed by atoms with van der Waals surface area (Å²) in [6.07, 6.45) is 1.65. The Hall–Kier alpha value is -2.23. The fourth-order valence-corrected chi connectivity index (χ4v) is 1.79. The van der Waals surface area contributed by atoms with E-state index in [-0.39, 0.29) is 18.1 Å². The van der Waals surface area contributed by atoms with Crippen molar-refractivity contribution in [2.75, 3.05) is 0 Å². The lowest BCUT2D eigenvalue weighted by Gasteiger charge is -2.06. The van der Waals surface area contributed by atoms with Crippen LogP contribution in [0.3, 0.4) is 0 Å². The highest BCUT2D eigenvalue weighted by Crippen LogP contribution is 2.15. The van der Waals surface area contributed by atoms with Crippen LogP contribution in [0.5, 0.6) is 0 Å². The van der Waals surface area contributed by atoms with E-state index < -0.39 is 0 Å². The lowest BCUT2D eigenvalue weighted by molar-refractivity contribution is -0.127. The summed E-state index contributed by atoms with van der Waals surface area (Å²) in [6.45, 7) is 1.79. The van der Waals surface area contributed by atoms with Crippen LogP contribution in [0.1, 0.15) is 18.9 Å². The SMILES string of the molecule is CC(=O)CC(=O)NCc1cccc2cccnc12. The molecule has 0 saturated heterocycles. The number of carbonyl (C=O) groups is 2. The van der Waals surface area contributed by atoms with Crippen molar-refractivity contribution in [3.63, 3.8) is 0 Å². The number of nitrogens with zero attached hydrogens (tertiary/aromatic N) is 1. The van der Waals surface area contributed by atoms with Crippen molar-refractivity contribution in [3.05, 3.63) is 42.1 Å². The van der Waals surface area contributed by atoms with Crippen LogP contribution >= 0.6 is 0 Å². The first-order valence-electron chi connectivity index (χ1n) is 5.75. The quantitative estimate of drug-likeness (QED) is 0.832. The van der Waals surface area contributed by atoms with Gasteiger partial charge in [-0.3, -0.25) is 14.6 Å². The lowest BCUT2D eigenvalue weighted by Crippen LogP contribution is -2.24. The molecule has 0 aliphatic heterocycles. The van der Waals surface area contributed by atoms with E-state index in [9.17, 15) is 9.59 Å². The van der Waals surface area contributed by atoms with Gasteiger partial charge in [-0.15, -0.1) is 0 Å². The van der Waals surface area contributed by atoms with Gasteiger partial charge in [-0.1, -0.05) is 24.3 Å². The van der Waals surface area contributed by atoms with Crippen LogP contribution < -0.4 is 5.32 Å². The Morgan fingerprint density at radius 1 is 1.22 bits per heavy atom. The molecule has 0 saturated carbocycles. The van der Waals surface area contributed by atoms with Gasteiger partial charge in [0.15, 0.2) is 0 Å². The molecule has 4 nitrogen and oxygen atoms in total. The Morgan fingerprint density at radius 2 is 2.00 bits per heavy atom. The Labute approximate surface area is 105 Å². The number of nitrogens with one attached hydrogen (secondary N) is 1. The number of Topliss-reactive ketones (excluding diaryl/α,β-unsaturated/α-hetero) is 1. The third-order valence-electron chi connectivity index (χ3n) is 2.60. The molecule has 2 aromatic rings. The summed E-state index contributed by atoms with van der Waals surface area (Å²) >= 11 is 0. The van der Waals surface area contributed by atoms with Crippen molar-refractivity contribution >= 4 is 22.6 Å². The smallest absolute Gasteiger partial charge is 0.227 e. The zero-order valence-electron chi connectivity index (χ0n) is 10.1. The summed E-state index contributed by atoms with van der Waals surface area (Å²) in [7, 11) is 0. The van der Waals surface area contributed by atoms with Crippen LogP contribution in [-0.4, -0.2) is 16.7 Å². The number of hydrogen-bond acceptors (Lipinski definition) is 3. The fourth-order valence-electron chi connectivity index (χ4n) is 1.79. The van der Waals surface area contributed by atoms with Crippen molar-refractivity contribution in [3.8, 4) is 0 Å². The van der Waals surface area contributed by atoms with Crippen molar-refractivity contribution < 1.29 is 9.59 Å². The van der Waals surface area contributed by atoms with E-state index in [2.05, 4.69) is 10.3 Å². The molecule has 0 aliphatic rings. The molecule has 1 aromatic carbocycles. The number of hydrogen-bond donors (Lipinski definition) is 1. The van der Waals surface area contributed by atoms with E-state index in [1.165, 1.54) is 6.92 Å². The van der Waals surface area contributed by atoms with E-state index in [4.69, 9.17) is 0 Å². The van der Waals surface area contributed by atoms with Crippen molar-refractivity contribution in [1.82, 2.24) is 10.3 Å². The molecule has 4 heteroatoms. The second kappa shape index (κ2) is 5.40. The summed E-state index contributed by atoms with van der Waals surface area (Å²) in [6, 6.07) is 9.67. The van der Waals surface area contributed by atoms with Crippen LogP contribution in [0.4, 0.5) is 0 Å². The van der Waals surface area contributed by atoms with Crippen LogP contribution in [0.15, 0.2) is 36.5 Å². The number of benzene rings is 1. The van der Waals surface area contributed by atoms with Gasteiger partial charge in [0.25, 0.3) is 0 Å². The molecule has 18 heavy (non-hydrogen) atoms. The molecule has 0 atom stereocenters. The zero-order chi connectivity index (χ0) is 13.0. The van der Waals surface area contributed by atoms with Crippen LogP contribution in [0, 0.1) is 0 Å². The van der Waals surface area contributed by atoms with Gasteiger partial charge < -0.3 is 5.32 Å². The normalized spacial score (nSPS) is 10.3. The van der Waals surface area contributed by atoms with Crippen LogP contribution in [0.2, 0.25) is 0 Å². The fraction of sp³-hybridized carbons (Fsp3) is 0.214. The van der Waals surface area contributed by atoms with Gasteiger partial charge in [-0.25, -0.2) is 0 Å². The Bertz CT molecular complexity index is 588. The first-order valence-corrected chi connectivity index (χ1v) is 5.75. The highest BCUT2D eigenvalue weighted by molar-refractivity contribution is 5.96. The molecule has 2 rings (SSSR count). The molecule has 1 amide bonds. The van der Waals surface area contributed by atoms with E-state index in [0.29, 0.717) is 6.54 Å². The first kappa shape index (κ1) is 12.2. The molecule has 0 radical (unpaired) electrons. The van der Waals surface area contributed by atoms with Gasteiger partial charge in [-0.05, 0) is 18.6 Å². The van der Waals surface area contributed by atoms with E-state index in [0.717, 1.165) is 16.5 Å². The molecule has 0 fully saturated rings. The first-order chi connectivity index (χ1) is 8.66. The maximum atomic E-state index is 11.4. The largest absolute Gasteiger partial charge is 0.352 e. The predicted octanol–water partition coefficient (Wildman–Crippen LogP) is 1.83. The molecule has 0 bridgehead atoms. The average molecular weight is 242 g/mol. The molecule has 0 unspecified atom stereocenters. The number of ketones is 1. The monoisotopic (exact) mass is 242 g/mol. The number of fused-ring (bicyclic) bond motifs is 1. The minimum absolute atomic E-state index is 0.0712. The minimum atomic E-state index is -0.254. The molecule has 1 aromatic heterocycles. The summed E-state index contributed by atoms with van der Waals surface area (Å²) < 4.78 is 0. The van der Waals surface area contributed by atoms with Gasteiger partial charge in [-0.2, -0.15) is 0 Å². The molecule has 92 valence electrons. The van der Waals surface area contributed by atoms with Gasteiger partial charge >= 0.3 is 0 Å². The van der Waals surface area contributed by atoms with Crippen molar-refractivity contribution in [2.24, 2.45) is 0 Å². The summed E-state index contributed by atoms with van der Waals surface area (Å²) in [5.41, 5.74) is 1.83. The van der Waals surface area contributed by atoms with Gasteiger partial charge in [0.2, 0.25) is 5.91 Å². The maximum absolute atomic E-state index is 11.4. The summed E-state index contributed by atoms with van der Waals surface area (Å²) in [5.74, 6) is -0.390. The zero-order valence-corrected chi connectivity index (χ0v) is 10.1. The summed E-state index contributed by atoms with van der Waals surface area (Å²) in [5, 5.41) is 3.76. The molecule has 0 aliphatic carbocycles. The van der Waals surface area contributed by atoms with Crippen molar-refractivity contribution in [1.29, 1.82) is 0 Å². The highest BCUT2D eigenvalue weighted by atomic mass is 16.2. The van der Waals surface area contributed by atoms with E-state index in [1.807, 2.05) is 30.3 Å². The Balaban J connectivity index is 2.12. The van der Waals surface area contributed by atoms with Gasteiger partial charge in [0.05, 0.1) is 11.9 Å². The van der Waals surface area contributed by atoms with Gasteiger partial charge in [0.1, 0.15) is 5.78 Å². The molecule has 0 spiro atoms. The number of rotatable bonds is 4. The second-order valence-electron chi connectivity index (χ2n) is 4.15. The number of aromatic nitrogens is 1. The third kappa shape index (κ3) is 2.91. The Morgan fingerprint density at radius 3 is 2.78 bits per heavy atom. The van der Waals surface area contributed by atoms with E-state index >= 15 is 0 Å². The standard InChI is InChI=1S/C14H14N2O2/c1-10(17)8-13(18)16-9-12-5-2-4-11-6-3-7-15-14(11)12/h2-7H,8-9H2,1H3,(H,16,18). The number of para-hydroxylation sites is 1. The molecule has 1 N–H and O–H groups in total. The maximum Gasteiger partial charge on any atom is 0.227 e. The van der Waals surface area contributed by atoms with Crippen LogP contribution in [-0.2, 0) is 16.1 Å². The van der Waals surface area contributed by atoms with Gasteiger partial charge in [0, 0.05) is 18.1 Å². The highest BCUT2D eigenvalue weighted by Gasteiger charge is 2.06. The predicted molar refractivity (Wildman–Crippen MR) is 68.9 cm³/mol. The van der Waals surface area contributed by atoms with E-state index in [1.54, 1.807) is 6.20 Å². The minimum Gasteiger partial charge on any atom is -0.352 e. The molecule has 1 heterocycles. The lowest BCUT2D eigenvalue weighted by atomic mass is 10.1. The second-order valence-corrected chi connectivity index (χ2v) is 4.15. The molecular weight excluding hydrogens is 228 g/mol. The van der Waals surface area contributed by atoms with Crippen LogP contribution in [0.25, 0.3) is 10.9 Å². The molecular formula is C14H14N2O2. The number of carbonyl (C=O) groups excluding carboxylic acids is 2. The number of pyridine rings is 1. The Kier molecular flexibility index (Phi) is 3.67.